The first kappa shape index (κ1) is 13.5. The Labute approximate surface area is 118 Å². The van der Waals surface area contributed by atoms with E-state index in [1.54, 1.807) is 30.0 Å². The molecule has 0 aliphatic carbocycles. The predicted octanol–water partition coefficient (Wildman–Crippen LogP) is 0.864. The lowest BCUT2D eigenvalue weighted by Gasteiger charge is -2.46. The Morgan fingerprint density at radius 3 is 2.70 bits per heavy atom. The third-order valence-electron chi connectivity index (χ3n) is 4.24. The van der Waals surface area contributed by atoms with Crippen LogP contribution in [0, 0.1) is 12.7 Å². The van der Waals surface area contributed by atoms with Crippen molar-refractivity contribution in [1.29, 1.82) is 0 Å². The molecule has 2 aliphatic rings. The molecule has 1 aromatic carbocycles. The van der Waals surface area contributed by atoms with Gasteiger partial charge in [0.25, 0.3) is 5.91 Å². The molecule has 0 spiro atoms. The van der Waals surface area contributed by atoms with Crippen LogP contribution in [-0.4, -0.2) is 61.0 Å². The maximum atomic E-state index is 14.0. The highest BCUT2D eigenvalue weighted by Gasteiger charge is 2.36. The Bertz CT molecular complexity index is 508. The van der Waals surface area contributed by atoms with Gasteiger partial charge in [-0.1, -0.05) is 12.1 Å². The van der Waals surface area contributed by atoms with Gasteiger partial charge in [-0.25, -0.2) is 4.39 Å². The standard InChI is InChI=1S/C15H20FN3O/c1-11-3-2-4-13(14(11)16)15(20)19-9-12(10-19)18-7-5-17-6-8-18/h2-4,12,17H,5-10H2,1H3. The molecule has 2 fully saturated rings. The van der Waals surface area contributed by atoms with Crippen LogP contribution in [-0.2, 0) is 0 Å². The molecule has 0 radical (unpaired) electrons. The fourth-order valence-corrected chi connectivity index (χ4v) is 2.88. The van der Waals surface area contributed by atoms with E-state index in [-0.39, 0.29) is 17.3 Å². The maximum Gasteiger partial charge on any atom is 0.256 e. The molecule has 4 nitrogen and oxygen atoms in total. The van der Waals surface area contributed by atoms with Crippen LogP contribution < -0.4 is 5.32 Å². The quantitative estimate of drug-likeness (QED) is 0.871. The number of carbonyl (C=O) groups is 1. The zero-order chi connectivity index (χ0) is 14.1. The molecule has 1 amide bonds. The Morgan fingerprint density at radius 1 is 1.30 bits per heavy atom. The van der Waals surface area contributed by atoms with E-state index in [1.807, 2.05) is 0 Å². The average molecular weight is 277 g/mol. The Hall–Kier alpha value is -1.46. The second-order valence-electron chi connectivity index (χ2n) is 5.59. The van der Waals surface area contributed by atoms with E-state index >= 15 is 0 Å². The molecule has 2 saturated heterocycles. The number of halogens is 1. The average Bonchev–Trinajstić information content (AvgIpc) is 2.41. The Kier molecular flexibility index (Phi) is 3.72. The van der Waals surface area contributed by atoms with Gasteiger partial charge in [0.2, 0.25) is 0 Å². The van der Waals surface area contributed by atoms with Crippen molar-refractivity contribution in [3.63, 3.8) is 0 Å². The second-order valence-corrected chi connectivity index (χ2v) is 5.59. The summed E-state index contributed by atoms with van der Waals surface area (Å²) < 4.78 is 14.0. The van der Waals surface area contributed by atoms with Gasteiger partial charge in [-0.05, 0) is 18.6 Å². The first-order valence-electron chi connectivity index (χ1n) is 7.16. The number of hydrogen-bond donors (Lipinski definition) is 1. The van der Waals surface area contributed by atoms with Crippen molar-refractivity contribution in [2.75, 3.05) is 39.3 Å². The van der Waals surface area contributed by atoms with Gasteiger partial charge in [-0.2, -0.15) is 0 Å². The minimum absolute atomic E-state index is 0.183. The minimum Gasteiger partial charge on any atom is -0.335 e. The van der Waals surface area contributed by atoms with E-state index in [1.165, 1.54) is 0 Å². The smallest absolute Gasteiger partial charge is 0.256 e. The van der Waals surface area contributed by atoms with Crippen LogP contribution in [0.2, 0.25) is 0 Å². The molecule has 0 atom stereocenters. The zero-order valence-electron chi connectivity index (χ0n) is 11.7. The van der Waals surface area contributed by atoms with Crippen LogP contribution in [0.25, 0.3) is 0 Å². The fraction of sp³-hybridized carbons (Fsp3) is 0.533. The summed E-state index contributed by atoms with van der Waals surface area (Å²) in [4.78, 5) is 16.4. The largest absolute Gasteiger partial charge is 0.335 e. The molecule has 1 N–H and O–H groups in total. The number of rotatable bonds is 2. The van der Waals surface area contributed by atoms with Crippen molar-refractivity contribution in [3.05, 3.63) is 35.1 Å². The fourth-order valence-electron chi connectivity index (χ4n) is 2.88. The monoisotopic (exact) mass is 277 g/mol. The van der Waals surface area contributed by atoms with Gasteiger partial charge >= 0.3 is 0 Å². The Morgan fingerprint density at radius 2 is 2.00 bits per heavy atom. The summed E-state index contributed by atoms with van der Waals surface area (Å²) in [6.45, 7) is 7.20. The van der Waals surface area contributed by atoms with E-state index in [9.17, 15) is 9.18 Å². The number of nitrogens with zero attached hydrogens (tertiary/aromatic N) is 2. The number of amides is 1. The van der Waals surface area contributed by atoms with Gasteiger partial charge in [0.1, 0.15) is 5.82 Å². The highest BCUT2D eigenvalue weighted by Crippen LogP contribution is 2.21. The highest BCUT2D eigenvalue weighted by atomic mass is 19.1. The lowest BCUT2D eigenvalue weighted by molar-refractivity contribution is 0.0223. The number of carbonyl (C=O) groups excluding carboxylic acids is 1. The van der Waals surface area contributed by atoms with Crippen LogP contribution in [0.1, 0.15) is 15.9 Å². The molecule has 108 valence electrons. The van der Waals surface area contributed by atoms with Crippen molar-refractivity contribution in [3.8, 4) is 0 Å². The van der Waals surface area contributed by atoms with Crippen LogP contribution in [0.4, 0.5) is 4.39 Å². The van der Waals surface area contributed by atoms with Gasteiger partial charge in [0.15, 0.2) is 0 Å². The van der Waals surface area contributed by atoms with Crippen LogP contribution >= 0.6 is 0 Å². The third kappa shape index (κ3) is 2.43. The molecule has 1 aromatic rings. The first-order valence-corrected chi connectivity index (χ1v) is 7.16. The van der Waals surface area contributed by atoms with Gasteiger partial charge in [0, 0.05) is 45.3 Å². The van der Waals surface area contributed by atoms with Gasteiger partial charge < -0.3 is 10.2 Å². The normalized spacial score (nSPS) is 20.8. The van der Waals surface area contributed by atoms with E-state index < -0.39 is 0 Å². The lowest BCUT2D eigenvalue weighted by Crippen LogP contribution is -2.63. The number of nitrogens with one attached hydrogen (secondary N) is 1. The van der Waals surface area contributed by atoms with Crippen molar-refractivity contribution >= 4 is 5.91 Å². The van der Waals surface area contributed by atoms with E-state index in [2.05, 4.69) is 10.2 Å². The zero-order valence-corrected chi connectivity index (χ0v) is 11.7. The van der Waals surface area contributed by atoms with Gasteiger partial charge in [-0.3, -0.25) is 9.69 Å². The van der Waals surface area contributed by atoms with Crippen LogP contribution in [0.15, 0.2) is 18.2 Å². The molecule has 5 heteroatoms. The molecular formula is C15H20FN3O. The summed E-state index contributed by atoms with van der Waals surface area (Å²) >= 11 is 0. The minimum atomic E-state index is -0.386. The van der Waals surface area contributed by atoms with Crippen molar-refractivity contribution in [2.45, 2.75) is 13.0 Å². The molecule has 0 saturated carbocycles. The summed E-state index contributed by atoms with van der Waals surface area (Å²) in [7, 11) is 0. The number of benzene rings is 1. The molecule has 2 heterocycles. The SMILES string of the molecule is Cc1cccc(C(=O)N2CC(N3CCNCC3)C2)c1F. The van der Waals surface area contributed by atoms with Crippen molar-refractivity contribution < 1.29 is 9.18 Å². The number of aryl methyl sites for hydroxylation is 1. The van der Waals surface area contributed by atoms with Gasteiger partial charge in [0.05, 0.1) is 5.56 Å². The molecule has 3 rings (SSSR count). The molecule has 20 heavy (non-hydrogen) atoms. The Balaban J connectivity index is 1.61. The number of hydrogen-bond acceptors (Lipinski definition) is 3. The lowest BCUT2D eigenvalue weighted by atomic mass is 10.0. The van der Waals surface area contributed by atoms with Crippen LogP contribution in [0.5, 0.6) is 0 Å². The molecular weight excluding hydrogens is 257 g/mol. The second kappa shape index (κ2) is 5.50. The highest BCUT2D eigenvalue weighted by molar-refractivity contribution is 5.95. The summed E-state index contributed by atoms with van der Waals surface area (Å²) in [5.74, 6) is -0.569. The molecule has 0 bridgehead atoms. The molecule has 0 aromatic heterocycles. The summed E-state index contributed by atoms with van der Waals surface area (Å²) in [6, 6.07) is 5.43. The van der Waals surface area contributed by atoms with Crippen LogP contribution in [0.3, 0.4) is 0 Å². The third-order valence-corrected chi connectivity index (χ3v) is 4.24. The van der Waals surface area contributed by atoms with E-state index in [4.69, 9.17) is 0 Å². The van der Waals surface area contributed by atoms with E-state index in [0.29, 0.717) is 24.7 Å². The summed E-state index contributed by atoms with van der Waals surface area (Å²) in [5, 5.41) is 3.32. The van der Waals surface area contributed by atoms with Gasteiger partial charge in [-0.15, -0.1) is 0 Å². The number of likely N-dealkylation sites (tertiary alicyclic amines) is 1. The summed E-state index contributed by atoms with van der Waals surface area (Å²) in [5.41, 5.74) is 0.721. The molecule has 0 unspecified atom stereocenters. The van der Waals surface area contributed by atoms with Crippen molar-refractivity contribution in [1.82, 2.24) is 15.1 Å². The predicted molar refractivity (Wildman–Crippen MR) is 75.3 cm³/mol. The maximum absolute atomic E-state index is 14.0. The summed E-state index contributed by atoms with van der Waals surface area (Å²) in [6.07, 6.45) is 0. The van der Waals surface area contributed by atoms with E-state index in [0.717, 1.165) is 26.2 Å². The molecule has 2 aliphatic heterocycles. The number of piperazine rings is 1. The van der Waals surface area contributed by atoms with Crippen molar-refractivity contribution in [2.24, 2.45) is 0 Å². The topological polar surface area (TPSA) is 35.6 Å². The first-order chi connectivity index (χ1) is 9.66.